The topological polar surface area (TPSA) is 46.6 Å². The van der Waals surface area contributed by atoms with Gasteiger partial charge in [-0.15, -0.1) is 18.3 Å². The van der Waals surface area contributed by atoms with E-state index in [9.17, 15) is 8.42 Å². The van der Waals surface area contributed by atoms with Gasteiger partial charge in [-0.1, -0.05) is 6.08 Å². The van der Waals surface area contributed by atoms with E-state index in [2.05, 4.69) is 6.58 Å². The normalized spacial score (nSPS) is 11.0. The van der Waals surface area contributed by atoms with Crippen LogP contribution in [0, 0.1) is 0 Å². The fourth-order valence-corrected chi connectivity index (χ4v) is 3.93. The van der Waals surface area contributed by atoms with Gasteiger partial charge in [0.25, 0.3) is 10.0 Å². The van der Waals surface area contributed by atoms with Crippen LogP contribution >= 0.6 is 11.8 Å². The fraction of sp³-hybridized carbons (Fsp3) is 0.176. The summed E-state index contributed by atoms with van der Waals surface area (Å²) in [6.45, 7) is 3.85. The quantitative estimate of drug-likeness (QED) is 0.563. The number of hydrogen-bond acceptors (Lipinski definition) is 4. The van der Waals surface area contributed by atoms with Gasteiger partial charge in [0.2, 0.25) is 0 Å². The molecule has 2 aromatic carbocycles. The molecule has 0 atom stereocenters. The molecule has 0 aliphatic carbocycles. The van der Waals surface area contributed by atoms with Gasteiger partial charge in [0.15, 0.2) is 0 Å². The Kier molecular flexibility index (Phi) is 5.74. The summed E-state index contributed by atoms with van der Waals surface area (Å²) in [5.74, 6) is 0.675. The molecule has 2 rings (SSSR count). The van der Waals surface area contributed by atoms with E-state index < -0.39 is 10.0 Å². The van der Waals surface area contributed by atoms with Crippen LogP contribution in [0.4, 0.5) is 5.69 Å². The van der Waals surface area contributed by atoms with Gasteiger partial charge in [0.05, 0.1) is 24.2 Å². The molecule has 0 bridgehead atoms. The number of rotatable bonds is 7. The molecule has 2 aromatic rings. The first-order valence-electron chi connectivity index (χ1n) is 6.94. The van der Waals surface area contributed by atoms with E-state index in [0.717, 1.165) is 4.90 Å². The maximum atomic E-state index is 12.9. The molecule has 0 heterocycles. The van der Waals surface area contributed by atoms with Crippen molar-refractivity contribution in [2.24, 2.45) is 0 Å². The largest absolute Gasteiger partial charge is 0.497 e. The van der Waals surface area contributed by atoms with E-state index in [-0.39, 0.29) is 11.4 Å². The van der Waals surface area contributed by atoms with Gasteiger partial charge in [-0.3, -0.25) is 4.31 Å². The minimum absolute atomic E-state index is 0.193. The lowest BCUT2D eigenvalue weighted by Gasteiger charge is -2.23. The van der Waals surface area contributed by atoms with Crippen LogP contribution in [-0.2, 0) is 10.0 Å². The smallest absolute Gasteiger partial charge is 0.264 e. The molecule has 122 valence electrons. The number of ether oxygens (including phenoxy) is 1. The van der Waals surface area contributed by atoms with E-state index in [1.54, 1.807) is 73.5 Å². The monoisotopic (exact) mass is 349 g/mol. The molecular formula is C17H19NO3S2. The molecule has 0 radical (unpaired) electrons. The number of anilines is 1. The van der Waals surface area contributed by atoms with Crippen LogP contribution in [0.15, 0.2) is 71.0 Å². The standard InChI is InChI=1S/C17H19NO3S2/c1-4-13-18(14-5-7-15(21-2)8-6-14)23(19,20)17-11-9-16(22-3)10-12-17/h4-12H,1,13H2,2-3H3. The summed E-state index contributed by atoms with van der Waals surface area (Å²) in [7, 11) is -2.08. The third-order valence-electron chi connectivity index (χ3n) is 3.30. The predicted molar refractivity (Wildman–Crippen MR) is 95.9 cm³/mol. The Morgan fingerprint density at radius 3 is 2.22 bits per heavy atom. The zero-order valence-corrected chi connectivity index (χ0v) is 14.7. The molecule has 0 saturated heterocycles. The number of sulfonamides is 1. The highest BCUT2D eigenvalue weighted by Gasteiger charge is 2.23. The van der Waals surface area contributed by atoms with Gasteiger partial charge in [0.1, 0.15) is 5.75 Å². The zero-order valence-electron chi connectivity index (χ0n) is 13.1. The minimum atomic E-state index is -3.65. The molecule has 0 N–H and O–H groups in total. The summed E-state index contributed by atoms with van der Waals surface area (Å²) < 4.78 is 32.3. The molecule has 0 aliphatic rings. The van der Waals surface area contributed by atoms with Crippen LogP contribution in [0.3, 0.4) is 0 Å². The third kappa shape index (κ3) is 3.89. The molecule has 0 unspecified atom stereocenters. The Hall–Kier alpha value is -1.92. The van der Waals surface area contributed by atoms with Crippen molar-refractivity contribution in [3.8, 4) is 5.75 Å². The summed E-state index contributed by atoms with van der Waals surface area (Å²) in [5.41, 5.74) is 0.569. The SMILES string of the molecule is C=CCN(c1ccc(OC)cc1)S(=O)(=O)c1ccc(SC)cc1. The summed E-state index contributed by atoms with van der Waals surface area (Å²) in [6, 6.07) is 13.8. The summed E-state index contributed by atoms with van der Waals surface area (Å²) in [4.78, 5) is 1.27. The van der Waals surface area contributed by atoms with Crippen molar-refractivity contribution in [1.82, 2.24) is 0 Å². The van der Waals surface area contributed by atoms with Crippen molar-refractivity contribution in [2.75, 3.05) is 24.2 Å². The highest BCUT2D eigenvalue weighted by Crippen LogP contribution is 2.26. The molecule has 6 heteroatoms. The minimum Gasteiger partial charge on any atom is -0.497 e. The number of nitrogens with zero attached hydrogens (tertiary/aromatic N) is 1. The third-order valence-corrected chi connectivity index (χ3v) is 5.85. The van der Waals surface area contributed by atoms with Crippen molar-refractivity contribution in [1.29, 1.82) is 0 Å². The maximum absolute atomic E-state index is 12.9. The van der Waals surface area contributed by atoms with Gasteiger partial charge in [0, 0.05) is 4.90 Å². The molecule has 4 nitrogen and oxygen atoms in total. The van der Waals surface area contributed by atoms with Gasteiger partial charge in [-0.25, -0.2) is 8.42 Å². The van der Waals surface area contributed by atoms with Crippen molar-refractivity contribution >= 4 is 27.5 Å². The lowest BCUT2D eigenvalue weighted by molar-refractivity contribution is 0.415. The van der Waals surface area contributed by atoms with Gasteiger partial charge in [-0.05, 0) is 54.8 Å². The molecule has 0 spiro atoms. The summed E-state index contributed by atoms with van der Waals surface area (Å²) in [5, 5.41) is 0. The van der Waals surface area contributed by atoms with Crippen LogP contribution < -0.4 is 9.04 Å². The second-order valence-corrected chi connectivity index (χ2v) is 7.44. The Bertz CT molecular complexity index is 753. The Labute approximate surface area is 141 Å². The van der Waals surface area contributed by atoms with E-state index in [0.29, 0.717) is 11.4 Å². The highest BCUT2D eigenvalue weighted by atomic mass is 32.2. The number of benzene rings is 2. The summed E-state index contributed by atoms with van der Waals surface area (Å²) >= 11 is 1.57. The molecule has 23 heavy (non-hydrogen) atoms. The van der Waals surface area contributed by atoms with Crippen molar-refractivity contribution in [3.63, 3.8) is 0 Å². The molecule has 0 fully saturated rings. The Morgan fingerprint density at radius 1 is 1.13 bits per heavy atom. The van der Waals surface area contributed by atoms with Gasteiger partial charge in [-0.2, -0.15) is 0 Å². The van der Waals surface area contributed by atoms with Crippen LogP contribution in [0.5, 0.6) is 5.75 Å². The Balaban J connectivity index is 2.42. The van der Waals surface area contributed by atoms with Crippen LogP contribution in [0.2, 0.25) is 0 Å². The first-order chi connectivity index (χ1) is 11.0. The zero-order chi connectivity index (χ0) is 16.9. The molecular weight excluding hydrogens is 330 g/mol. The molecule has 0 saturated carbocycles. The first kappa shape index (κ1) is 17.4. The van der Waals surface area contributed by atoms with E-state index in [1.165, 1.54) is 4.31 Å². The van der Waals surface area contributed by atoms with Crippen molar-refractivity contribution in [2.45, 2.75) is 9.79 Å². The number of hydrogen-bond donors (Lipinski definition) is 0. The van der Waals surface area contributed by atoms with E-state index in [1.807, 2.05) is 6.26 Å². The first-order valence-corrected chi connectivity index (χ1v) is 9.61. The highest BCUT2D eigenvalue weighted by molar-refractivity contribution is 7.98. The van der Waals surface area contributed by atoms with Crippen LogP contribution in [-0.4, -0.2) is 28.3 Å². The molecule has 0 amide bonds. The summed E-state index contributed by atoms with van der Waals surface area (Å²) in [6.07, 6.45) is 3.52. The van der Waals surface area contributed by atoms with E-state index >= 15 is 0 Å². The van der Waals surface area contributed by atoms with Crippen molar-refractivity contribution in [3.05, 3.63) is 61.2 Å². The Morgan fingerprint density at radius 2 is 1.74 bits per heavy atom. The lowest BCUT2D eigenvalue weighted by Crippen LogP contribution is -2.31. The number of methoxy groups -OCH3 is 1. The molecule has 0 aliphatic heterocycles. The van der Waals surface area contributed by atoms with Crippen LogP contribution in [0.1, 0.15) is 0 Å². The fourth-order valence-electron chi connectivity index (χ4n) is 2.08. The van der Waals surface area contributed by atoms with Crippen molar-refractivity contribution < 1.29 is 13.2 Å². The van der Waals surface area contributed by atoms with E-state index in [4.69, 9.17) is 4.74 Å². The second-order valence-electron chi connectivity index (χ2n) is 4.70. The van der Waals surface area contributed by atoms with Gasteiger partial charge < -0.3 is 4.74 Å². The predicted octanol–water partition coefficient (Wildman–Crippen LogP) is 3.80. The average Bonchev–Trinajstić information content (AvgIpc) is 2.59. The van der Waals surface area contributed by atoms with Gasteiger partial charge >= 0.3 is 0 Å². The maximum Gasteiger partial charge on any atom is 0.264 e. The molecule has 0 aromatic heterocycles. The second kappa shape index (κ2) is 7.57. The average molecular weight is 349 g/mol. The lowest BCUT2D eigenvalue weighted by atomic mass is 10.3. The number of thioether (sulfide) groups is 1. The van der Waals surface area contributed by atoms with Crippen LogP contribution in [0.25, 0.3) is 0 Å².